The molecule has 2 heteroatoms. The zero-order valence-corrected chi connectivity index (χ0v) is 4.91. The van der Waals surface area contributed by atoms with Crippen molar-refractivity contribution in [3.63, 3.8) is 0 Å². The second-order valence-electron chi connectivity index (χ2n) is 1.60. The zero-order valence-electron chi connectivity index (χ0n) is 4.91. The molecule has 2 nitrogen and oxygen atoms in total. The molecule has 0 amide bonds. The highest BCUT2D eigenvalue weighted by atomic mass is 15.1. The molecule has 1 aromatic rings. The molecule has 0 aromatic heterocycles. The number of benzene rings is 1. The molecule has 1 radical (unpaired) electrons. The van der Waals surface area contributed by atoms with Crippen LogP contribution in [0, 0.1) is 6.07 Å². The van der Waals surface area contributed by atoms with Crippen LogP contribution < -0.4 is 5.84 Å². The lowest BCUT2D eigenvalue weighted by Crippen LogP contribution is -1.84. The summed E-state index contributed by atoms with van der Waals surface area (Å²) >= 11 is 0. The van der Waals surface area contributed by atoms with E-state index in [4.69, 9.17) is 5.84 Å². The van der Waals surface area contributed by atoms with Gasteiger partial charge in [0.25, 0.3) is 0 Å². The lowest BCUT2D eigenvalue weighted by molar-refractivity contribution is 1.26. The molecule has 45 valence electrons. The average molecular weight is 119 g/mol. The Labute approximate surface area is 54.0 Å². The molecule has 1 aromatic carbocycles. The van der Waals surface area contributed by atoms with Gasteiger partial charge < -0.3 is 5.84 Å². The van der Waals surface area contributed by atoms with E-state index in [1.165, 1.54) is 0 Å². The minimum atomic E-state index is 0.903. The second-order valence-corrected chi connectivity index (χ2v) is 1.60. The van der Waals surface area contributed by atoms with E-state index in [-0.39, 0.29) is 0 Å². The summed E-state index contributed by atoms with van der Waals surface area (Å²) in [5.74, 6) is 4.91. The van der Waals surface area contributed by atoms with Crippen LogP contribution in [0.1, 0.15) is 5.56 Å². The van der Waals surface area contributed by atoms with Gasteiger partial charge in [-0.2, -0.15) is 5.10 Å². The fourth-order valence-electron chi connectivity index (χ4n) is 0.568. The fourth-order valence-corrected chi connectivity index (χ4v) is 0.568. The van der Waals surface area contributed by atoms with Crippen molar-refractivity contribution in [1.29, 1.82) is 0 Å². The monoisotopic (exact) mass is 119 g/mol. The van der Waals surface area contributed by atoms with E-state index in [0.29, 0.717) is 0 Å². The molecule has 0 heterocycles. The number of hydrogen-bond acceptors (Lipinski definition) is 2. The molecular weight excluding hydrogens is 112 g/mol. The van der Waals surface area contributed by atoms with Gasteiger partial charge in [-0.25, -0.2) is 0 Å². The molecule has 0 aliphatic rings. The molecule has 0 fully saturated rings. The van der Waals surface area contributed by atoms with Crippen molar-refractivity contribution in [2.75, 3.05) is 0 Å². The molecule has 0 atom stereocenters. The van der Waals surface area contributed by atoms with Gasteiger partial charge in [-0.1, -0.05) is 24.3 Å². The Morgan fingerprint density at radius 3 is 3.00 bits per heavy atom. The Bertz CT molecular complexity index is 191. The zero-order chi connectivity index (χ0) is 6.53. The minimum Gasteiger partial charge on any atom is -0.323 e. The molecule has 0 saturated heterocycles. The van der Waals surface area contributed by atoms with E-state index in [0.717, 1.165) is 5.56 Å². The first-order valence-electron chi connectivity index (χ1n) is 2.63. The van der Waals surface area contributed by atoms with Crippen molar-refractivity contribution in [3.05, 3.63) is 35.9 Å². The molecule has 0 unspecified atom stereocenters. The van der Waals surface area contributed by atoms with Crippen LogP contribution in [-0.2, 0) is 0 Å². The van der Waals surface area contributed by atoms with Crippen LogP contribution in [0.15, 0.2) is 29.4 Å². The number of rotatable bonds is 1. The maximum atomic E-state index is 4.91. The molecule has 0 spiro atoms. The van der Waals surface area contributed by atoms with Crippen molar-refractivity contribution >= 4 is 6.21 Å². The van der Waals surface area contributed by atoms with Gasteiger partial charge in [-0.05, 0) is 6.07 Å². The first kappa shape index (κ1) is 5.82. The summed E-state index contributed by atoms with van der Waals surface area (Å²) in [4.78, 5) is 0. The van der Waals surface area contributed by atoms with Gasteiger partial charge in [0.15, 0.2) is 0 Å². The third-order valence-corrected chi connectivity index (χ3v) is 0.947. The van der Waals surface area contributed by atoms with Crippen LogP contribution >= 0.6 is 0 Å². The Balaban J connectivity index is 2.85. The Morgan fingerprint density at radius 2 is 2.44 bits per heavy atom. The van der Waals surface area contributed by atoms with Gasteiger partial charge in [0.05, 0.1) is 6.21 Å². The third kappa shape index (κ3) is 1.57. The van der Waals surface area contributed by atoms with Gasteiger partial charge in [-0.3, -0.25) is 0 Å². The predicted molar refractivity (Wildman–Crippen MR) is 37.1 cm³/mol. The average Bonchev–Trinajstić information content (AvgIpc) is 1.91. The molecule has 0 aliphatic heterocycles. The molecular formula is C7H7N2. The maximum absolute atomic E-state index is 4.91. The first-order valence-corrected chi connectivity index (χ1v) is 2.63. The summed E-state index contributed by atoms with van der Waals surface area (Å²) in [6.07, 6.45) is 1.56. The summed E-state index contributed by atoms with van der Waals surface area (Å²) in [5, 5.41) is 3.35. The van der Waals surface area contributed by atoms with Crippen molar-refractivity contribution in [2.24, 2.45) is 10.9 Å². The van der Waals surface area contributed by atoms with Gasteiger partial charge in [0, 0.05) is 5.56 Å². The Morgan fingerprint density at radius 1 is 1.56 bits per heavy atom. The molecule has 9 heavy (non-hydrogen) atoms. The number of hydrogen-bond donors (Lipinski definition) is 1. The van der Waals surface area contributed by atoms with E-state index in [2.05, 4.69) is 11.2 Å². The normalized spacial score (nSPS) is 10.2. The summed E-state index contributed by atoms with van der Waals surface area (Å²) in [6, 6.07) is 10.4. The summed E-state index contributed by atoms with van der Waals surface area (Å²) in [6.45, 7) is 0. The van der Waals surface area contributed by atoms with Crippen LogP contribution in [-0.4, -0.2) is 6.21 Å². The van der Waals surface area contributed by atoms with Gasteiger partial charge in [0.2, 0.25) is 0 Å². The van der Waals surface area contributed by atoms with Crippen molar-refractivity contribution in [1.82, 2.24) is 0 Å². The van der Waals surface area contributed by atoms with Gasteiger partial charge in [0.1, 0.15) is 0 Å². The highest BCUT2D eigenvalue weighted by Crippen LogP contribution is 1.91. The first-order chi connectivity index (χ1) is 4.43. The van der Waals surface area contributed by atoms with Crippen LogP contribution in [0.25, 0.3) is 0 Å². The van der Waals surface area contributed by atoms with E-state index in [1.54, 1.807) is 6.21 Å². The minimum absolute atomic E-state index is 0.903. The highest BCUT2D eigenvalue weighted by molar-refractivity contribution is 5.78. The molecule has 0 aliphatic carbocycles. The number of nitrogens with zero attached hydrogens (tertiary/aromatic N) is 1. The molecule has 2 N–H and O–H groups in total. The van der Waals surface area contributed by atoms with Gasteiger partial charge in [-0.15, -0.1) is 0 Å². The molecule has 0 saturated carbocycles. The van der Waals surface area contributed by atoms with Crippen LogP contribution in [0.3, 0.4) is 0 Å². The third-order valence-electron chi connectivity index (χ3n) is 0.947. The maximum Gasteiger partial charge on any atom is 0.0544 e. The van der Waals surface area contributed by atoms with Crippen LogP contribution in [0.5, 0.6) is 0 Å². The lowest BCUT2D eigenvalue weighted by atomic mass is 10.2. The summed E-state index contributed by atoms with van der Waals surface area (Å²) in [5.41, 5.74) is 0.903. The summed E-state index contributed by atoms with van der Waals surface area (Å²) in [7, 11) is 0. The van der Waals surface area contributed by atoms with E-state index >= 15 is 0 Å². The van der Waals surface area contributed by atoms with Gasteiger partial charge >= 0.3 is 0 Å². The van der Waals surface area contributed by atoms with Crippen LogP contribution in [0.2, 0.25) is 0 Å². The highest BCUT2D eigenvalue weighted by Gasteiger charge is 1.80. The van der Waals surface area contributed by atoms with Crippen molar-refractivity contribution in [2.45, 2.75) is 0 Å². The quantitative estimate of drug-likeness (QED) is 0.331. The SMILES string of the molecule is NN=Cc1[c]cccc1. The molecule has 1 rings (SSSR count). The van der Waals surface area contributed by atoms with E-state index in [1.807, 2.05) is 24.3 Å². The topological polar surface area (TPSA) is 38.4 Å². The smallest absolute Gasteiger partial charge is 0.0544 e. The lowest BCUT2D eigenvalue weighted by Gasteiger charge is -1.85. The predicted octanol–water partition coefficient (Wildman–Crippen LogP) is 0.779. The fraction of sp³-hybridized carbons (Fsp3) is 0. The number of hydrazone groups is 1. The number of nitrogens with two attached hydrogens (primary N) is 1. The standard InChI is InChI=1S/C7H7N2/c8-9-6-7-4-2-1-3-5-7/h1-4,6H,8H2. The largest absolute Gasteiger partial charge is 0.323 e. The van der Waals surface area contributed by atoms with Crippen LogP contribution in [0.4, 0.5) is 0 Å². The van der Waals surface area contributed by atoms with E-state index in [9.17, 15) is 0 Å². The molecule has 0 bridgehead atoms. The summed E-state index contributed by atoms with van der Waals surface area (Å²) < 4.78 is 0. The Kier molecular flexibility index (Phi) is 1.85. The van der Waals surface area contributed by atoms with E-state index < -0.39 is 0 Å². The Hall–Kier alpha value is -1.31. The second kappa shape index (κ2) is 2.87. The van der Waals surface area contributed by atoms with Crippen molar-refractivity contribution < 1.29 is 0 Å². The van der Waals surface area contributed by atoms with Crippen molar-refractivity contribution in [3.8, 4) is 0 Å².